The highest BCUT2D eigenvalue weighted by atomic mass is 16.5. The Morgan fingerprint density at radius 1 is 1.16 bits per heavy atom. The minimum absolute atomic E-state index is 0.458. The van der Waals surface area contributed by atoms with Crippen molar-refractivity contribution in [2.24, 2.45) is 0 Å². The summed E-state index contributed by atoms with van der Waals surface area (Å²) in [6, 6.07) is 7.27. The van der Waals surface area contributed by atoms with Gasteiger partial charge in [-0.25, -0.2) is 0 Å². The van der Waals surface area contributed by atoms with Crippen LogP contribution in [0.1, 0.15) is 62.6 Å². The smallest absolute Gasteiger partial charge is 0.120 e. The van der Waals surface area contributed by atoms with Crippen LogP contribution in [0, 0.1) is 0 Å². The third-order valence-corrected chi connectivity index (χ3v) is 4.49. The molecule has 0 heterocycles. The van der Waals surface area contributed by atoms with E-state index in [9.17, 15) is 0 Å². The van der Waals surface area contributed by atoms with Gasteiger partial charge in [0.05, 0.1) is 6.10 Å². The van der Waals surface area contributed by atoms with Crippen LogP contribution in [0.25, 0.3) is 0 Å². The highest BCUT2D eigenvalue weighted by molar-refractivity contribution is 5.39. The Hall–Kier alpha value is -1.02. The Bertz CT molecular complexity index is 423. The summed E-state index contributed by atoms with van der Waals surface area (Å²) in [6.45, 7) is 3.23. The van der Waals surface area contributed by atoms with Crippen molar-refractivity contribution in [2.45, 2.75) is 64.0 Å². The molecule has 1 atom stereocenters. The van der Waals surface area contributed by atoms with Crippen molar-refractivity contribution in [1.82, 2.24) is 5.32 Å². The van der Waals surface area contributed by atoms with Gasteiger partial charge in [0.1, 0.15) is 5.75 Å². The summed E-state index contributed by atoms with van der Waals surface area (Å²) in [5.41, 5.74) is 2.99. The first-order valence-corrected chi connectivity index (χ1v) is 7.89. The number of benzene rings is 1. The third-order valence-electron chi connectivity index (χ3n) is 4.49. The van der Waals surface area contributed by atoms with E-state index in [1.807, 2.05) is 0 Å². The number of fused-ring (bicyclic) bond motifs is 1. The Morgan fingerprint density at radius 3 is 2.79 bits per heavy atom. The summed E-state index contributed by atoms with van der Waals surface area (Å²) in [7, 11) is 0. The summed E-state index contributed by atoms with van der Waals surface area (Å²) in [4.78, 5) is 0. The number of rotatable bonds is 4. The zero-order chi connectivity index (χ0) is 13.1. The molecule has 2 aliphatic carbocycles. The quantitative estimate of drug-likeness (QED) is 0.882. The van der Waals surface area contributed by atoms with Gasteiger partial charge in [-0.2, -0.15) is 0 Å². The van der Waals surface area contributed by atoms with Gasteiger partial charge in [0.25, 0.3) is 0 Å². The number of hydrogen-bond donors (Lipinski definition) is 1. The Morgan fingerprint density at radius 2 is 2.00 bits per heavy atom. The van der Waals surface area contributed by atoms with E-state index in [2.05, 4.69) is 30.4 Å². The van der Waals surface area contributed by atoms with Crippen LogP contribution in [0.3, 0.4) is 0 Å². The Labute approximate surface area is 116 Å². The molecule has 0 saturated heterocycles. The summed E-state index contributed by atoms with van der Waals surface area (Å²) in [6.07, 6.45) is 9.36. The van der Waals surface area contributed by atoms with Gasteiger partial charge >= 0.3 is 0 Å². The van der Waals surface area contributed by atoms with Gasteiger partial charge in [-0.05, 0) is 74.8 Å². The van der Waals surface area contributed by atoms with E-state index in [-0.39, 0.29) is 0 Å². The minimum Gasteiger partial charge on any atom is -0.490 e. The van der Waals surface area contributed by atoms with E-state index in [1.54, 1.807) is 0 Å². The molecule has 0 bridgehead atoms. The molecule has 1 aromatic carbocycles. The Balaban J connectivity index is 1.77. The molecule has 0 aromatic heterocycles. The highest BCUT2D eigenvalue weighted by Gasteiger charge is 2.21. The largest absolute Gasteiger partial charge is 0.490 e. The first-order valence-electron chi connectivity index (χ1n) is 7.89. The molecule has 0 amide bonds. The maximum Gasteiger partial charge on any atom is 0.120 e. The van der Waals surface area contributed by atoms with E-state index in [0.29, 0.717) is 12.1 Å². The lowest BCUT2D eigenvalue weighted by atomic mass is 9.87. The first kappa shape index (κ1) is 13.0. The summed E-state index contributed by atoms with van der Waals surface area (Å²) in [5, 5.41) is 3.61. The molecular weight excluding hydrogens is 234 g/mol. The molecule has 0 aliphatic heterocycles. The van der Waals surface area contributed by atoms with Crippen molar-refractivity contribution in [2.75, 3.05) is 6.54 Å². The predicted octanol–water partition coefficient (Wildman–Crippen LogP) is 3.99. The topological polar surface area (TPSA) is 21.3 Å². The van der Waals surface area contributed by atoms with E-state index >= 15 is 0 Å². The molecule has 0 spiro atoms. The lowest BCUT2D eigenvalue weighted by Crippen LogP contribution is -2.25. The SMILES string of the molecule is CCNC1CCCc2ccc(OC3CCCC3)cc21. The van der Waals surface area contributed by atoms with Crippen molar-refractivity contribution in [3.05, 3.63) is 29.3 Å². The highest BCUT2D eigenvalue weighted by Crippen LogP contribution is 2.33. The van der Waals surface area contributed by atoms with Gasteiger partial charge in [-0.1, -0.05) is 13.0 Å². The second-order valence-electron chi connectivity index (χ2n) is 5.89. The van der Waals surface area contributed by atoms with Crippen LogP contribution < -0.4 is 10.1 Å². The molecular formula is C17H25NO. The van der Waals surface area contributed by atoms with Crippen LogP contribution in [0.15, 0.2) is 18.2 Å². The molecule has 3 rings (SSSR count). The van der Waals surface area contributed by atoms with Gasteiger partial charge in [0.2, 0.25) is 0 Å². The van der Waals surface area contributed by atoms with Crippen molar-refractivity contribution in [3.8, 4) is 5.75 Å². The lowest BCUT2D eigenvalue weighted by molar-refractivity contribution is 0.209. The maximum atomic E-state index is 6.14. The van der Waals surface area contributed by atoms with Crippen LogP contribution in [0.4, 0.5) is 0 Å². The van der Waals surface area contributed by atoms with Crippen molar-refractivity contribution < 1.29 is 4.74 Å². The zero-order valence-electron chi connectivity index (χ0n) is 12.0. The fourth-order valence-corrected chi connectivity index (χ4v) is 3.51. The van der Waals surface area contributed by atoms with Crippen molar-refractivity contribution in [1.29, 1.82) is 0 Å². The molecule has 0 radical (unpaired) electrons. The molecule has 19 heavy (non-hydrogen) atoms. The predicted molar refractivity (Wildman–Crippen MR) is 78.7 cm³/mol. The Kier molecular flexibility index (Phi) is 4.07. The minimum atomic E-state index is 0.458. The average Bonchev–Trinajstić information content (AvgIpc) is 2.93. The number of hydrogen-bond acceptors (Lipinski definition) is 2. The van der Waals surface area contributed by atoms with Gasteiger partial charge in [0, 0.05) is 6.04 Å². The maximum absolute atomic E-state index is 6.14. The van der Waals surface area contributed by atoms with Crippen LogP contribution in [0.5, 0.6) is 5.75 Å². The summed E-state index contributed by atoms with van der Waals surface area (Å²) < 4.78 is 6.14. The molecule has 1 fully saturated rings. The standard InChI is InChI=1S/C17H25NO/c1-2-18-17-9-5-6-13-10-11-15(12-16(13)17)19-14-7-3-4-8-14/h10-12,14,17-18H,2-9H2,1H3. The van der Waals surface area contributed by atoms with Gasteiger partial charge < -0.3 is 10.1 Å². The van der Waals surface area contributed by atoms with Gasteiger partial charge in [-0.15, -0.1) is 0 Å². The van der Waals surface area contributed by atoms with Crippen LogP contribution >= 0.6 is 0 Å². The number of ether oxygens (including phenoxy) is 1. The molecule has 1 saturated carbocycles. The summed E-state index contributed by atoms with van der Waals surface area (Å²) >= 11 is 0. The zero-order valence-corrected chi connectivity index (χ0v) is 12.0. The second-order valence-corrected chi connectivity index (χ2v) is 5.89. The fourth-order valence-electron chi connectivity index (χ4n) is 3.51. The van der Waals surface area contributed by atoms with Crippen LogP contribution in [-0.2, 0) is 6.42 Å². The molecule has 104 valence electrons. The first-order chi connectivity index (χ1) is 9.36. The normalized spacial score (nSPS) is 23.3. The number of aryl methyl sites for hydroxylation is 1. The van der Waals surface area contributed by atoms with Crippen LogP contribution in [0.2, 0.25) is 0 Å². The average molecular weight is 259 g/mol. The van der Waals surface area contributed by atoms with Crippen molar-refractivity contribution >= 4 is 0 Å². The van der Waals surface area contributed by atoms with Gasteiger partial charge in [0.15, 0.2) is 0 Å². The molecule has 1 N–H and O–H groups in total. The monoisotopic (exact) mass is 259 g/mol. The fraction of sp³-hybridized carbons (Fsp3) is 0.647. The van der Waals surface area contributed by atoms with E-state index in [1.165, 1.54) is 56.1 Å². The van der Waals surface area contributed by atoms with E-state index in [4.69, 9.17) is 4.74 Å². The molecule has 1 unspecified atom stereocenters. The van der Waals surface area contributed by atoms with Crippen molar-refractivity contribution in [3.63, 3.8) is 0 Å². The summed E-state index contributed by atoms with van der Waals surface area (Å²) in [5.74, 6) is 1.08. The lowest BCUT2D eigenvalue weighted by Gasteiger charge is -2.27. The third kappa shape index (κ3) is 2.94. The number of nitrogens with one attached hydrogen (secondary N) is 1. The molecule has 2 aliphatic rings. The molecule has 2 heteroatoms. The van der Waals surface area contributed by atoms with E-state index in [0.717, 1.165) is 12.3 Å². The second kappa shape index (κ2) is 5.96. The van der Waals surface area contributed by atoms with E-state index < -0.39 is 0 Å². The molecule has 1 aromatic rings. The van der Waals surface area contributed by atoms with Gasteiger partial charge in [-0.3, -0.25) is 0 Å². The molecule has 2 nitrogen and oxygen atoms in total. The van der Waals surface area contributed by atoms with Crippen LogP contribution in [-0.4, -0.2) is 12.6 Å².